The number of sulfonamides is 2. The summed E-state index contributed by atoms with van der Waals surface area (Å²) in [6.45, 7) is 0.145. The highest BCUT2D eigenvalue weighted by atomic mass is 32.2. The Morgan fingerprint density at radius 3 is 1.28 bits per heavy atom. The van der Waals surface area contributed by atoms with Gasteiger partial charge in [0.15, 0.2) is 0 Å². The van der Waals surface area contributed by atoms with Crippen LogP contribution in [0.5, 0.6) is 0 Å². The maximum Gasteiger partial charge on any atom is 0.244 e. The molecule has 0 atom stereocenters. The molecule has 4 rings (SSSR count). The van der Waals surface area contributed by atoms with Crippen LogP contribution in [0.1, 0.15) is 11.7 Å². The summed E-state index contributed by atoms with van der Waals surface area (Å²) in [5.41, 5.74) is 0.601. The van der Waals surface area contributed by atoms with Crippen molar-refractivity contribution in [3.63, 3.8) is 0 Å². The van der Waals surface area contributed by atoms with Crippen molar-refractivity contribution in [1.82, 2.24) is 8.61 Å². The molecule has 0 amide bonds. The zero-order chi connectivity index (χ0) is 20.5. The second-order valence-electron chi connectivity index (χ2n) is 6.64. The van der Waals surface area contributed by atoms with E-state index in [1.165, 1.54) is 32.9 Å². The van der Waals surface area contributed by atoms with Crippen molar-refractivity contribution in [2.24, 2.45) is 0 Å². The van der Waals surface area contributed by atoms with Gasteiger partial charge in [0.2, 0.25) is 20.0 Å². The molecule has 0 N–H and O–H groups in total. The summed E-state index contributed by atoms with van der Waals surface area (Å²) in [4.78, 5) is 0.278. The van der Waals surface area contributed by atoms with E-state index in [2.05, 4.69) is 0 Å². The third kappa shape index (κ3) is 3.60. The molecule has 3 aromatic carbocycles. The predicted molar refractivity (Wildman–Crippen MR) is 110 cm³/mol. The average molecular weight is 429 g/mol. The number of benzene rings is 3. The van der Waals surface area contributed by atoms with E-state index in [0.29, 0.717) is 5.56 Å². The molecule has 0 spiro atoms. The van der Waals surface area contributed by atoms with Gasteiger partial charge in [-0.1, -0.05) is 66.7 Å². The summed E-state index contributed by atoms with van der Waals surface area (Å²) in [7, 11) is -7.77. The van der Waals surface area contributed by atoms with Crippen LogP contribution in [0.4, 0.5) is 0 Å². The van der Waals surface area contributed by atoms with E-state index < -0.39 is 26.2 Å². The molecule has 1 saturated heterocycles. The van der Waals surface area contributed by atoms with Crippen LogP contribution < -0.4 is 0 Å². The highest BCUT2D eigenvalue weighted by Gasteiger charge is 2.46. The fourth-order valence-corrected chi connectivity index (χ4v) is 6.75. The SMILES string of the molecule is O=S(=O)(c1ccccc1)N1CCN(S(=O)(=O)c2ccccc2)C1c1ccccc1. The second-order valence-corrected chi connectivity index (χ2v) is 10.4. The van der Waals surface area contributed by atoms with Crippen LogP contribution in [0.3, 0.4) is 0 Å². The maximum atomic E-state index is 13.3. The van der Waals surface area contributed by atoms with Crippen molar-refractivity contribution in [1.29, 1.82) is 0 Å². The third-order valence-electron chi connectivity index (χ3n) is 4.88. The van der Waals surface area contributed by atoms with E-state index in [9.17, 15) is 16.8 Å². The van der Waals surface area contributed by atoms with Crippen LogP contribution in [-0.4, -0.2) is 38.5 Å². The third-order valence-corrected chi connectivity index (χ3v) is 8.62. The lowest BCUT2D eigenvalue weighted by atomic mass is 10.2. The van der Waals surface area contributed by atoms with Gasteiger partial charge in [-0.15, -0.1) is 0 Å². The fourth-order valence-electron chi connectivity index (χ4n) is 3.50. The first-order chi connectivity index (χ1) is 13.9. The number of hydrogen-bond acceptors (Lipinski definition) is 4. The van der Waals surface area contributed by atoms with Gasteiger partial charge in [0.05, 0.1) is 9.79 Å². The molecule has 0 bridgehead atoms. The van der Waals surface area contributed by atoms with Crippen LogP contribution in [0.25, 0.3) is 0 Å². The lowest BCUT2D eigenvalue weighted by molar-refractivity contribution is 0.292. The zero-order valence-electron chi connectivity index (χ0n) is 15.5. The second kappa shape index (κ2) is 7.72. The van der Waals surface area contributed by atoms with Gasteiger partial charge in [-0.3, -0.25) is 0 Å². The summed E-state index contributed by atoms with van der Waals surface area (Å²) < 4.78 is 55.9. The molecule has 1 fully saturated rings. The summed E-state index contributed by atoms with van der Waals surface area (Å²) in [6.07, 6.45) is -0.952. The van der Waals surface area contributed by atoms with E-state index in [0.717, 1.165) is 0 Å². The molecule has 1 aliphatic rings. The Morgan fingerprint density at radius 2 is 0.897 bits per heavy atom. The molecule has 0 saturated carbocycles. The smallest absolute Gasteiger partial charge is 0.207 e. The van der Waals surface area contributed by atoms with Crippen molar-refractivity contribution >= 4 is 20.0 Å². The lowest BCUT2D eigenvalue weighted by Gasteiger charge is -2.29. The largest absolute Gasteiger partial charge is 0.244 e. The molecule has 29 heavy (non-hydrogen) atoms. The van der Waals surface area contributed by atoms with Gasteiger partial charge >= 0.3 is 0 Å². The Morgan fingerprint density at radius 1 is 0.552 bits per heavy atom. The van der Waals surface area contributed by atoms with E-state index in [4.69, 9.17) is 0 Å². The first-order valence-corrected chi connectivity index (χ1v) is 12.0. The fraction of sp³-hybridized carbons (Fsp3) is 0.143. The van der Waals surface area contributed by atoms with Crippen molar-refractivity contribution in [3.05, 3.63) is 96.6 Å². The first-order valence-electron chi connectivity index (χ1n) is 9.11. The Bertz CT molecular complexity index is 1110. The van der Waals surface area contributed by atoms with Gasteiger partial charge in [-0.25, -0.2) is 16.8 Å². The molecule has 8 heteroatoms. The quantitative estimate of drug-likeness (QED) is 0.626. The van der Waals surface area contributed by atoms with Crippen LogP contribution in [0.2, 0.25) is 0 Å². The van der Waals surface area contributed by atoms with Crippen LogP contribution >= 0.6 is 0 Å². The number of hydrogen-bond donors (Lipinski definition) is 0. The van der Waals surface area contributed by atoms with Gasteiger partial charge in [-0.2, -0.15) is 8.61 Å². The number of nitrogens with zero attached hydrogens (tertiary/aromatic N) is 2. The summed E-state index contributed by atoms with van der Waals surface area (Å²) in [5, 5.41) is 0. The molecule has 1 heterocycles. The normalized spacial score (nSPS) is 16.8. The van der Waals surface area contributed by atoms with E-state index in [1.54, 1.807) is 60.7 Å². The van der Waals surface area contributed by atoms with E-state index in [1.807, 2.05) is 6.07 Å². The van der Waals surface area contributed by atoms with Crippen LogP contribution in [-0.2, 0) is 20.0 Å². The minimum absolute atomic E-state index is 0.0723. The van der Waals surface area contributed by atoms with E-state index >= 15 is 0 Å². The highest BCUT2D eigenvalue weighted by Crippen LogP contribution is 2.38. The molecule has 6 nitrogen and oxygen atoms in total. The number of rotatable bonds is 5. The Hall–Kier alpha value is -2.52. The van der Waals surface area contributed by atoms with Crippen LogP contribution in [0.15, 0.2) is 101 Å². The predicted octanol–water partition coefficient (Wildman–Crippen LogP) is 3.08. The van der Waals surface area contributed by atoms with Gasteiger partial charge < -0.3 is 0 Å². The molecule has 150 valence electrons. The molecule has 0 aromatic heterocycles. The molecule has 3 aromatic rings. The highest BCUT2D eigenvalue weighted by molar-refractivity contribution is 7.90. The molecule has 1 aliphatic heterocycles. The standard InChI is InChI=1S/C21H20N2O4S2/c24-28(25,19-12-6-2-7-13-19)22-16-17-23(21(22)18-10-4-1-5-11-18)29(26,27)20-14-8-3-9-15-20/h1-15,21H,16-17H2. The Balaban J connectivity index is 1.83. The first kappa shape index (κ1) is 19.8. The minimum atomic E-state index is -3.88. The van der Waals surface area contributed by atoms with Crippen molar-refractivity contribution < 1.29 is 16.8 Å². The monoisotopic (exact) mass is 428 g/mol. The maximum absolute atomic E-state index is 13.3. The van der Waals surface area contributed by atoms with Crippen molar-refractivity contribution in [3.8, 4) is 0 Å². The topological polar surface area (TPSA) is 74.8 Å². The van der Waals surface area contributed by atoms with Crippen molar-refractivity contribution in [2.75, 3.05) is 13.1 Å². The van der Waals surface area contributed by atoms with Crippen molar-refractivity contribution in [2.45, 2.75) is 16.0 Å². The van der Waals surface area contributed by atoms with E-state index in [-0.39, 0.29) is 22.9 Å². The van der Waals surface area contributed by atoms with Crippen LogP contribution in [0, 0.1) is 0 Å². The molecular weight excluding hydrogens is 408 g/mol. The summed E-state index contributed by atoms with van der Waals surface area (Å²) >= 11 is 0. The molecule has 0 aliphatic carbocycles. The molecule has 0 unspecified atom stereocenters. The van der Waals surface area contributed by atoms with Gasteiger partial charge in [0.1, 0.15) is 6.17 Å². The average Bonchev–Trinajstić information content (AvgIpc) is 3.23. The molecule has 0 radical (unpaired) electrons. The lowest BCUT2D eigenvalue weighted by Crippen LogP contribution is -2.37. The molecular formula is C21H20N2O4S2. The van der Waals surface area contributed by atoms with Gasteiger partial charge in [0.25, 0.3) is 0 Å². The van der Waals surface area contributed by atoms with Gasteiger partial charge in [0, 0.05) is 13.1 Å². The minimum Gasteiger partial charge on any atom is -0.207 e. The Labute approximate surface area is 171 Å². The zero-order valence-corrected chi connectivity index (χ0v) is 17.1. The summed E-state index contributed by atoms with van der Waals surface area (Å²) in [6, 6.07) is 25.0. The van der Waals surface area contributed by atoms with Gasteiger partial charge in [-0.05, 0) is 29.8 Å². The Kier molecular flexibility index (Phi) is 5.26. The summed E-state index contributed by atoms with van der Waals surface area (Å²) in [5.74, 6) is 0.